The summed E-state index contributed by atoms with van der Waals surface area (Å²) in [5, 5.41) is 3.53. The summed E-state index contributed by atoms with van der Waals surface area (Å²) < 4.78 is 12.8. The summed E-state index contributed by atoms with van der Waals surface area (Å²) in [6.45, 7) is 11.7. The number of fused-ring (bicyclic) bond motifs is 7. The maximum absolute atomic E-state index is 14.5. The molecule has 2 aliphatic carbocycles. The minimum atomic E-state index is -0.884. The van der Waals surface area contributed by atoms with Crippen molar-refractivity contribution in [2.24, 2.45) is 35.0 Å². The van der Waals surface area contributed by atoms with Crippen LogP contribution in [0.2, 0.25) is 5.02 Å². The Morgan fingerprint density at radius 2 is 1.83 bits per heavy atom. The van der Waals surface area contributed by atoms with Gasteiger partial charge in [0.05, 0.1) is 23.6 Å². The number of hydrogen-bond donors (Lipinski definition) is 1. The summed E-state index contributed by atoms with van der Waals surface area (Å²) in [6.07, 6.45) is 6.27. The van der Waals surface area contributed by atoms with Gasteiger partial charge in [-0.15, -0.1) is 0 Å². The van der Waals surface area contributed by atoms with E-state index in [1.165, 1.54) is 6.42 Å². The molecular formula is C36H49ClN4O5. The molecule has 2 bridgehead atoms. The van der Waals surface area contributed by atoms with E-state index >= 15 is 0 Å². The number of nitrogens with zero attached hydrogens (tertiary/aromatic N) is 3. The van der Waals surface area contributed by atoms with E-state index in [-0.39, 0.29) is 36.2 Å². The molecule has 1 saturated heterocycles. The monoisotopic (exact) mass is 652 g/mol. The van der Waals surface area contributed by atoms with E-state index in [0.29, 0.717) is 47.0 Å². The van der Waals surface area contributed by atoms with Gasteiger partial charge in [-0.05, 0) is 79.9 Å². The van der Waals surface area contributed by atoms with Gasteiger partial charge in [0.2, 0.25) is 11.8 Å². The molecule has 4 aliphatic rings. The molecule has 2 saturated carbocycles. The summed E-state index contributed by atoms with van der Waals surface area (Å²) in [7, 11) is 0. The SMILES string of the molecule is CCC1C2CN(C(=O)C(C(C)(C)C)NC(=O)OC3CC4CC4C3CCCCCc3nc4ccc(Cl)cc4nc3O2)C1C(=O)C(C)C. The Morgan fingerprint density at radius 1 is 1.04 bits per heavy atom. The number of alkyl carbamates (subject to hydrolysis) is 1. The minimum Gasteiger partial charge on any atom is -0.471 e. The molecule has 1 aromatic heterocycles. The van der Waals surface area contributed by atoms with Crippen molar-refractivity contribution in [3.05, 3.63) is 28.9 Å². The van der Waals surface area contributed by atoms with Gasteiger partial charge in [0, 0.05) is 16.9 Å². The third kappa shape index (κ3) is 6.58. The molecule has 3 fully saturated rings. The summed E-state index contributed by atoms with van der Waals surface area (Å²) in [6, 6.07) is 3.91. The average Bonchev–Trinajstić information content (AvgIpc) is 3.53. The third-order valence-corrected chi connectivity index (χ3v) is 11.0. The van der Waals surface area contributed by atoms with E-state index < -0.39 is 29.7 Å². The number of amides is 2. The zero-order valence-corrected chi connectivity index (χ0v) is 28.8. The van der Waals surface area contributed by atoms with Gasteiger partial charge < -0.3 is 19.7 Å². The first-order chi connectivity index (χ1) is 21.8. The summed E-state index contributed by atoms with van der Waals surface area (Å²) in [5.41, 5.74) is 1.55. The van der Waals surface area contributed by atoms with Crippen molar-refractivity contribution in [1.29, 1.82) is 0 Å². The van der Waals surface area contributed by atoms with Gasteiger partial charge in [-0.2, -0.15) is 0 Å². The van der Waals surface area contributed by atoms with E-state index in [1.807, 2.05) is 53.7 Å². The third-order valence-electron chi connectivity index (χ3n) is 10.8. The van der Waals surface area contributed by atoms with Crippen LogP contribution in [0.25, 0.3) is 11.0 Å². The van der Waals surface area contributed by atoms with Crippen molar-refractivity contribution < 1.29 is 23.9 Å². The molecular weight excluding hydrogens is 604 g/mol. The smallest absolute Gasteiger partial charge is 0.408 e. The van der Waals surface area contributed by atoms with Crippen LogP contribution in [-0.2, 0) is 20.7 Å². The Hall–Kier alpha value is -2.94. The normalized spacial score (nSPS) is 32.0. The van der Waals surface area contributed by atoms with Crippen molar-refractivity contribution in [2.45, 2.75) is 117 Å². The van der Waals surface area contributed by atoms with E-state index in [1.54, 1.807) is 11.0 Å². The quantitative estimate of drug-likeness (QED) is 0.389. The van der Waals surface area contributed by atoms with Crippen LogP contribution in [0.1, 0.15) is 92.2 Å². The van der Waals surface area contributed by atoms with E-state index in [2.05, 4.69) is 5.32 Å². The average molecular weight is 653 g/mol. The molecule has 9 nitrogen and oxygen atoms in total. The lowest BCUT2D eigenvalue weighted by Crippen LogP contribution is -2.58. The summed E-state index contributed by atoms with van der Waals surface area (Å²) in [4.78, 5) is 53.4. The first kappa shape index (κ1) is 33.0. The first-order valence-corrected chi connectivity index (χ1v) is 17.7. The molecule has 1 N–H and O–H groups in total. The molecule has 8 atom stereocenters. The highest BCUT2D eigenvalue weighted by molar-refractivity contribution is 6.31. The molecule has 0 radical (unpaired) electrons. The largest absolute Gasteiger partial charge is 0.471 e. The Bertz CT molecular complexity index is 1490. The molecule has 10 heteroatoms. The van der Waals surface area contributed by atoms with E-state index in [9.17, 15) is 14.4 Å². The van der Waals surface area contributed by atoms with Crippen LogP contribution in [0.5, 0.6) is 5.88 Å². The number of benzene rings is 1. The van der Waals surface area contributed by atoms with Gasteiger partial charge in [0.1, 0.15) is 23.9 Å². The summed E-state index contributed by atoms with van der Waals surface area (Å²) >= 11 is 6.33. The summed E-state index contributed by atoms with van der Waals surface area (Å²) in [5.74, 6) is 1.18. The second-order valence-electron chi connectivity index (χ2n) is 15.4. The lowest BCUT2D eigenvalue weighted by molar-refractivity contribution is -0.143. The Morgan fingerprint density at radius 3 is 2.54 bits per heavy atom. The van der Waals surface area contributed by atoms with Gasteiger partial charge in [0.15, 0.2) is 5.78 Å². The predicted octanol–water partition coefficient (Wildman–Crippen LogP) is 6.77. The minimum absolute atomic E-state index is 0.0166. The zero-order chi connectivity index (χ0) is 32.9. The van der Waals surface area contributed by atoms with Crippen molar-refractivity contribution in [1.82, 2.24) is 20.2 Å². The number of aromatic nitrogens is 2. The number of ether oxygens (including phenoxy) is 2. The van der Waals surface area contributed by atoms with Crippen LogP contribution in [-0.4, -0.2) is 63.5 Å². The highest BCUT2D eigenvalue weighted by atomic mass is 35.5. The standard InChI is InChI=1S/C36H49ClN4O5/c1-7-22-29-18-41(30(22)31(42)19(2)3)34(43)32(36(4,5)6)40-35(44)46-28-16-20-15-24(20)23(28)11-9-8-10-12-26-33(45-29)39-27-17-21(37)13-14-25(27)38-26/h13-14,17,19-20,22-24,28-30,32H,7-12,15-16,18H2,1-6H3,(H,40,44). The fraction of sp³-hybridized carbons (Fsp3) is 0.694. The van der Waals surface area contributed by atoms with Crippen LogP contribution < -0.4 is 10.1 Å². The van der Waals surface area contributed by atoms with Crippen LogP contribution in [0.3, 0.4) is 0 Å². The number of carbonyl (C=O) groups is 3. The van der Waals surface area contributed by atoms with Crippen molar-refractivity contribution in [3.63, 3.8) is 0 Å². The molecule has 2 aromatic rings. The number of nitrogens with one attached hydrogen (secondary N) is 1. The van der Waals surface area contributed by atoms with Crippen LogP contribution in [0.4, 0.5) is 4.79 Å². The first-order valence-electron chi connectivity index (χ1n) is 17.3. The number of ketones is 1. The fourth-order valence-corrected chi connectivity index (χ4v) is 8.34. The second kappa shape index (κ2) is 12.9. The van der Waals surface area contributed by atoms with Crippen LogP contribution in [0.15, 0.2) is 18.2 Å². The topological polar surface area (TPSA) is 111 Å². The molecule has 0 spiro atoms. The lowest BCUT2D eigenvalue weighted by atomic mass is 9.84. The number of aryl methyl sites for hydroxylation is 1. The number of halogens is 1. The van der Waals surface area contributed by atoms with Gasteiger partial charge >= 0.3 is 6.09 Å². The highest BCUT2D eigenvalue weighted by Gasteiger charge is 2.55. The fourth-order valence-electron chi connectivity index (χ4n) is 8.17. The Balaban J connectivity index is 1.39. The maximum Gasteiger partial charge on any atom is 0.408 e. The number of rotatable bonds is 3. The number of carbonyl (C=O) groups excluding carboxylic acids is 3. The molecule has 6 rings (SSSR count). The Kier molecular flexibility index (Phi) is 9.27. The van der Waals surface area contributed by atoms with Gasteiger partial charge in [-0.1, -0.05) is 66.0 Å². The number of Topliss-reactive ketones (excluding diaryl/α,β-unsaturated/α-hetero) is 1. The molecule has 1 aromatic carbocycles. The van der Waals surface area contributed by atoms with Crippen molar-refractivity contribution in [3.8, 4) is 5.88 Å². The van der Waals surface area contributed by atoms with Crippen molar-refractivity contribution in [2.75, 3.05) is 6.54 Å². The van der Waals surface area contributed by atoms with Gasteiger partial charge in [-0.25, -0.2) is 14.8 Å². The van der Waals surface area contributed by atoms with E-state index in [0.717, 1.165) is 43.3 Å². The molecule has 2 amide bonds. The second-order valence-corrected chi connectivity index (χ2v) is 15.8. The van der Waals surface area contributed by atoms with Gasteiger partial charge in [-0.3, -0.25) is 9.59 Å². The molecule has 250 valence electrons. The molecule has 2 aliphatic heterocycles. The highest BCUT2D eigenvalue weighted by Crippen LogP contribution is 2.57. The number of hydrogen-bond acceptors (Lipinski definition) is 7. The van der Waals surface area contributed by atoms with Crippen LogP contribution in [0, 0.1) is 35.0 Å². The maximum atomic E-state index is 14.5. The van der Waals surface area contributed by atoms with Crippen molar-refractivity contribution >= 4 is 40.4 Å². The molecule has 46 heavy (non-hydrogen) atoms. The molecule has 8 unspecified atom stereocenters. The predicted molar refractivity (Wildman–Crippen MR) is 177 cm³/mol. The Labute approximate surface area is 277 Å². The van der Waals surface area contributed by atoms with Gasteiger partial charge in [0.25, 0.3) is 0 Å². The van der Waals surface area contributed by atoms with E-state index in [4.69, 9.17) is 31.0 Å². The lowest BCUT2D eigenvalue weighted by Gasteiger charge is -2.36. The molecule has 3 heterocycles. The van der Waals surface area contributed by atoms with Crippen LogP contribution >= 0.6 is 11.6 Å². The zero-order valence-electron chi connectivity index (χ0n) is 28.1.